The first-order valence-electron chi connectivity index (χ1n) is 12.4. The monoisotopic (exact) mass is 553 g/mol. The number of amides is 1. The van der Waals surface area contributed by atoms with E-state index >= 15 is 0 Å². The van der Waals surface area contributed by atoms with Crippen LogP contribution in [0.4, 0.5) is 13.2 Å². The van der Waals surface area contributed by atoms with Crippen LogP contribution in [-0.4, -0.2) is 56.8 Å². The second-order valence-corrected chi connectivity index (χ2v) is 9.55. The van der Waals surface area contributed by atoms with E-state index in [1.54, 1.807) is 24.3 Å². The molecule has 4 aromatic rings. The van der Waals surface area contributed by atoms with Gasteiger partial charge in [0.15, 0.2) is 5.69 Å². The number of carbonyl (C=O) groups is 2. The summed E-state index contributed by atoms with van der Waals surface area (Å²) in [7, 11) is 1.06. The number of imidazole rings is 1. The number of esters is 1. The minimum Gasteiger partial charge on any atom is -0.492 e. The molecule has 2 aromatic carbocycles. The Morgan fingerprint density at radius 3 is 2.67 bits per heavy atom. The average molecular weight is 553 g/mol. The van der Waals surface area contributed by atoms with E-state index in [0.717, 1.165) is 22.8 Å². The Hall–Kier alpha value is -4.68. The van der Waals surface area contributed by atoms with E-state index in [2.05, 4.69) is 19.9 Å². The van der Waals surface area contributed by atoms with E-state index in [0.29, 0.717) is 41.7 Å². The van der Waals surface area contributed by atoms with E-state index in [9.17, 15) is 27.6 Å². The van der Waals surface area contributed by atoms with E-state index in [1.807, 2.05) is 12.1 Å². The third-order valence-corrected chi connectivity index (χ3v) is 7.15. The van der Waals surface area contributed by atoms with Crippen molar-refractivity contribution in [2.75, 3.05) is 20.3 Å². The molecule has 0 radical (unpaired) electrons. The van der Waals surface area contributed by atoms with Crippen LogP contribution >= 0.6 is 0 Å². The van der Waals surface area contributed by atoms with Gasteiger partial charge in [-0.1, -0.05) is 24.3 Å². The lowest BCUT2D eigenvalue weighted by atomic mass is 9.98. The first-order valence-corrected chi connectivity index (χ1v) is 12.4. The molecule has 0 aliphatic carbocycles. The van der Waals surface area contributed by atoms with Crippen molar-refractivity contribution < 1.29 is 32.2 Å². The van der Waals surface area contributed by atoms with Crippen molar-refractivity contribution in [3.05, 3.63) is 86.3 Å². The molecule has 206 valence electrons. The van der Waals surface area contributed by atoms with Crippen LogP contribution in [0.3, 0.4) is 0 Å². The second kappa shape index (κ2) is 9.50. The predicted octanol–water partition coefficient (Wildman–Crippen LogP) is 3.11. The molecule has 10 nitrogen and oxygen atoms in total. The number of nitrogens with zero attached hydrogens (tertiary/aromatic N) is 4. The lowest BCUT2D eigenvalue weighted by molar-refractivity contribution is -0.147. The van der Waals surface area contributed by atoms with Crippen molar-refractivity contribution in [2.45, 2.75) is 32.1 Å². The fourth-order valence-electron chi connectivity index (χ4n) is 5.32. The van der Waals surface area contributed by atoms with Gasteiger partial charge in [-0.25, -0.2) is 14.9 Å². The fraction of sp³-hybridized carbons (Fsp3) is 0.296. The average Bonchev–Trinajstić information content (AvgIpc) is 3.58. The highest BCUT2D eigenvalue weighted by molar-refractivity contribution is 5.98. The molecule has 1 N–H and O–H groups in total. The third-order valence-electron chi connectivity index (χ3n) is 7.15. The molecule has 0 bridgehead atoms. The van der Waals surface area contributed by atoms with Crippen LogP contribution in [0.15, 0.2) is 41.2 Å². The van der Waals surface area contributed by atoms with Gasteiger partial charge in [0.2, 0.25) is 5.82 Å². The molecule has 1 amide bonds. The summed E-state index contributed by atoms with van der Waals surface area (Å²) in [5, 5.41) is 7.93. The number of aromatic amines is 1. The molecule has 0 saturated carbocycles. The largest absolute Gasteiger partial charge is 0.492 e. The summed E-state index contributed by atoms with van der Waals surface area (Å²) in [5.74, 6) is -2.24. The molecule has 2 aromatic heterocycles. The molecule has 4 heterocycles. The zero-order valence-corrected chi connectivity index (χ0v) is 21.2. The van der Waals surface area contributed by atoms with Crippen LogP contribution in [0.1, 0.15) is 49.2 Å². The molecule has 6 rings (SSSR count). The van der Waals surface area contributed by atoms with Gasteiger partial charge in [0, 0.05) is 31.3 Å². The van der Waals surface area contributed by atoms with Crippen LogP contribution in [-0.2, 0) is 36.8 Å². The maximum atomic E-state index is 13.8. The predicted molar refractivity (Wildman–Crippen MR) is 134 cm³/mol. The Labute approximate surface area is 224 Å². The number of aromatic nitrogens is 4. The lowest BCUT2D eigenvalue weighted by Crippen LogP contribution is -2.39. The number of methoxy groups -OCH3 is 1. The quantitative estimate of drug-likeness (QED) is 0.386. The number of nitrogens with one attached hydrogen (secondary N) is 1. The van der Waals surface area contributed by atoms with Gasteiger partial charge in [-0.05, 0) is 23.3 Å². The topological polar surface area (TPSA) is 119 Å². The standard InChI is InChI=1S/C27H22F3N5O5/c1-39-25(38)21-20-13-34(7-8-35(20)26(31-21)27(28,29)30)24(37)18-11-14(10-15-6-9-40-22(15)18)12-19-16-4-2-3-5-17(16)23(36)33-32-19/h2-5,10-11H,6-9,12-13H2,1H3,(H,33,36). The Morgan fingerprint density at radius 1 is 1.15 bits per heavy atom. The second-order valence-electron chi connectivity index (χ2n) is 9.55. The van der Waals surface area contributed by atoms with Crippen LogP contribution in [0.25, 0.3) is 10.8 Å². The van der Waals surface area contributed by atoms with Crippen molar-refractivity contribution in [2.24, 2.45) is 0 Å². The van der Waals surface area contributed by atoms with E-state index in [1.165, 1.54) is 4.90 Å². The van der Waals surface area contributed by atoms with Gasteiger partial charge in [-0.3, -0.25) is 9.59 Å². The third kappa shape index (κ3) is 4.27. The zero-order chi connectivity index (χ0) is 28.2. The van der Waals surface area contributed by atoms with Crippen LogP contribution < -0.4 is 10.3 Å². The van der Waals surface area contributed by atoms with Gasteiger partial charge in [0.05, 0.1) is 42.6 Å². The number of carbonyl (C=O) groups excluding carboxylic acids is 2. The summed E-state index contributed by atoms with van der Waals surface area (Å²) in [6, 6.07) is 10.7. The maximum absolute atomic E-state index is 13.8. The lowest BCUT2D eigenvalue weighted by Gasteiger charge is -2.30. The first kappa shape index (κ1) is 25.6. The Kier molecular flexibility index (Phi) is 6.08. The molecule has 0 fully saturated rings. The first-order chi connectivity index (χ1) is 19.2. The van der Waals surface area contributed by atoms with E-state index in [-0.39, 0.29) is 36.5 Å². The number of alkyl halides is 3. The highest BCUT2D eigenvalue weighted by Gasteiger charge is 2.42. The molecule has 2 aliphatic rings. The molecule has 13 heteroatoms. The summed E-state index contributed by atoms with van der Waals surface area (Å²) in [5.41, 5.74) is 1.65. The highest BCUT2D eigenvalue weighted by atomic mass is 19.4. The van der Waals surface area contributed by atoms with Gasteiger partial charge < -0.3 is 18.9 Å². The summed E-state index contributed by atoms with van der Waals surface area (Å²) in [6.45, 7) is -0.114. The number of fused-ring (bicyclic) bond motifs is 3. The number of ether oxygens (including phenoxy) is 2. The molecule has 2 aliphatic heterocycles. The van der Waals surface area contributed by atoms with E-state index < -0.39 is 29.6 Å². The summed E-state index contributed by atoms with van der Waals surface area (Å²) in [4.78, 5) is 43.1. The van der Waals surface area contributed by atoms with Crippen LogP contribution in [0.5, 0.6) is 5.75 Å². The molecule has 0 saturated heterocycles. The number of hydrogen-bond acceptors (Lipinski definition) is 7. The van der Waals surface area contributed by atoms with Crippen LogP contribution in [0.2, 0.25) is 0 Å². The smallest absolute Gasteiger partial charge is 0.449 e. The van der Waals surface area contributed by atoms with Crippen molar-refractivity contribution in [3.63, 3.8) is 0 Å². The molecule has 0 atom stereocenters. The van der Waals surface area contributed by atoms with Gasteiger partial charge in [-0.15, -0.1) is 0 Å². The van der Waals surface area contributed by atoms with Crippen molar-refractivity contribution in [1.82, 2.24) is 24.6 Å². The normalized spacial score (nSPS) is 14.6. The number of halogens is 3. The summed E-state index contributed by atoms with van der Waals surface area (Å²) in [6.07, 6.45) is -3.88. The van der Waals surface area contributed by atoms with Gasteiger partial charge >= 0.3 is 12.1 Å². The minimum atomic E-state index is -4.78. The Balaban J connectivity index is 1.36. The molecular formula is C27H22F3N5O5. The number of benzene rings is 2. The van der Waals surface area contributed by atoms with E-state index in [4.69, 9.17) is 4.74 Å². The van der Waals surface area contributed by atoms with Crippen molar-refractivity contribution in [1.29, 1.82) is 0 Å². The highest BCUT2D eigenvalue weighted by Crippen LogP contribution is 2.36. The molecule has 40 heavy (non-hydrogen) atoms. The van der Waals surface area contributed by atoms with Gasteiger partial charge in [0.25, 0.3) is 11.5 Å². The molecule has 0 spiro atoms. The number of H-pyrrole nitrogens is 1. The SMILES string of the molecule is COC(=O)c1nc(C(F)(F)F)n2c1CN(C(=O)c1cc(Cc3n[nH]c(=O)c4ccccc34)cc3c1OCC3)CC2. The fourth-order valence-corrected chi connectivity index (χ4v) is 5.32. The zero-order valence-electron chi connectivity index (χ0n) is 21.2. The Bertz CT molecular complexity index is 1740. The number of hydrogen-bond donors (Lipinski definition) is 1. The Morgan fingerprint density at radius 2 is 1.93 bits per heavy atom. The molecular weight excluding hydrogens is 531 g/mol. The summed E-state index contributed by atoms with van der Waals surface area (Å²) >= 11 is 0. The molecule has 0 unspecified atom stereocenters. The minimum absolute atomic E-state index is 0.0308. The van der Waals surface area contributed by atoms with Crippen molar-refractivity contribution >= 4 is 22.6 Å². The van der Waals surface area contributed by atoms with Crippen molar-refractivity contribution in [3.8, 4) is 5.75 Å². The van der Waals surface area contributed by atoms with Gasteiger partial charge in [0.1, 0.15) is 5.75 Å². The van der Waals surface area contributed by atoms with Gasteiger partial charge in [-0.2, -0.15) is 18.3 Å². The van der Waals surface area contributed by atoms with Crippen LogP contribution in [0, 0.1) is 0 Å². The maximum Gasteiger partial charge on any atom is 0.449 e. The summed E-state index contributed by atoms with van der Waals surface area (Å²) < 4.78 is 52.2. The number of rotatable bonds is 4.